The zero-order valence-electron chi connectivity index (χ0n) is 14.4. The second-order valence-corrected chi connectivity index (χ2v) is 5.89. The van der Waals surface area contributed by atoms with Gasteiger partial charge in [0, 0.05) is 13.1 Å². The molecule has 0 bridgehead atoms. The van der Waals surface area contributed by atoms with E-state index in [2.05, 4.69) is 10.4 Å². The Balaban J connectivity index is 1.93. The number of benzene rings is 1. The molecule has 0 aliphatic heterocycles. The van der Waals surface area contributed by atoms with Gasteiger partial charge in [0.1, 0.15) is 5.75 Å². The van der Waals surface area contributed by atoms with Crippen LogP contribution in [0.5, 0.6) is 5.75 Å². The van der Waals surface area contributed by atoms with Gasteiger partial charge in [-0.3, -0.25) is 9.48 Å². The van der Waals surface area contributed by atoms with E-state index in [4.69, 9.17) is 16.3 Å². The molecule has 1 amide bonds. The molecule has 0 saturated heterocycles. The fraction of sp³-hybridized carbons (Fsp3) is 0.412. The quantitative estimate of drug-likeness (QED) is 0.726. The number of carbonyl (C=O) groups is 1. The number of nitrogens with zero attached hydrogens (tertiary/aromatic N) is 2. The third-order valence-corrected chi connectivity index (χ3v) is 4.12. The molecule has 0 spiro atoms. The number of rotatable bonds is 7. The van der Waals surface area contributed by atoms with E-state index < -0.39 is 16.9 Å². The van der Waals surface area contributed by atoms with Crippen LogP contribution in [0, 0.1) is 6.92 Å². The Kier molecular flexibility index (Phi) is 6.52. The van der Waals surface area contributed by atoms with Crippen LogP contribution in [0.3, 0.4) is 0 Å². The smallest absolute Gasteiger partial charge is 0.436 e. The Morgan fingerprint density at radius 2 is 2.04 bits per heavy atom. The number of aromatic nitrogens is 2. The summed E-state index contributed by atoms with van der Waals surface area (Å²) in [5.41, 5.74) is -0.439. The average molecular weight is 390 g/mol. The average Bonchev–Trinajstić information content (AvgIpc) is 2.88. The van der Waals surface area contributed by atoms with Crippen LogP contribution in [-0.2, 0) is 12.7 Å². The summed E-state index contributed by atoms with van der Waals surface area (Å²) in [4.78, 5) is 12.2. The van der Waals surface area contributed by atoms with Crippen molar-refractivity contribution in [3.8, 4) is 5.75 Å². The van der Waals surface area contributed by atoms with Gasteiger partial charge in [0.2, 0.25) is 0 Å². The highest BCUT2D eigenvalue weighted by atomic mass is 35.5. The molecule has 0 aliphatic carbocycles. The van der Waals surface area contributed by atoms with Crippen molar-refractivity contribution >= 4 is 17.5 Å². The molecule has 1 aromatic heterocycles. The van der Waals surface area contributed by atoms with Gasteiger partial charge in [-0.05, 0) is 32.4 Å². The van der Waals surface area contributed by atoms with Crippen LogP contribution >= 0.6 is 11.6 Å². The highest BCUT2D eigenvalue weighted by Crippen LogP contribution is 2.35. The van der Waals surface area contributed by atoms with E-state index in [1.807, 2.05) is 6.92 Å². The third-order valence-electron chi connectivity index (χ3n) is 3.67. The van der Waals surface area contributed by atoms with E-state index in [0.717, 1.165) is 0 Å². The molecule has 1 aromatic carbocycles. The summed E-state index contributed by atoms with van der Waals surface area (Å²) >= 11 is 5.70. The van der Waals surface area contributed by atoms with E-state index in [1.54, 1.807) is 24.3 Å². The molecule has 1 heterocycles. The minimum Gasteiger partial charge on any atom is -0.493 e. The van der Waals surface area contributed by atoms with Crippen LogP contribution in [0.15, 0.2) is 24.3 Å². The summed E-state index contributed by atoms with van der Waals surface area (Å²) in [6, 6.07) is 6.84. The van der Waals surface area contributed by atoms with Crippen LogP contribution in [0.4, 0.5) is 13.2 Å². The molecular formula is C17H19ClF3N3O2. The monoisotopic (exact) mass is 389 g/mol. The van der Waals surface area contributed by atoms with Crippen molar-refractivity contribution in [1.29, 1.82) is 0 Å². The van der Waals surface area contributed by atoms with Crippen LogP contribution in [-0.4, -0.2) is 28.8 Å². The summed E-state index contributed by atoms with van der Waals surface area (Å²) < 4.78 is 45.0. The van der Waals surface area contributed by atoms with E-state index in [1.165, 1.54) is 11.6 Å². The molecule has 0 unspecified atom stereocenters. The van der Waals surface area contributed by atoms with Gasteiger partial charge >= 0.3 is 6.18 Å². The molecule has 0 atom stereocenters. The number of amides is 1. The lowest BCUT2D eigenvalue weighted by Gasteiger charge is -2.10. The lowest BCUT2D eigenvalue weighted by Crippen LogP contribution is -2.26. The SMILES string of the molecule is CCOc1ccccc1C(=O)NCCCn1nc(C(F)(F)F)c(Cl)c1C. The fourth-order valence-corrected chi connectivity index (χ4v) is 2.63. The van der Waals surface area contributed by atoms with Crippen molar-refractivity contribution in [1.82, 2.24) is 15.1 Å². The zero-order chi connectivity index (χ0) is 19.3. The molecule has 2 rings (SSSR count). The Labute approximate surface area is 154 Å². The van der Waals surface area contributed by atoms with Gasteiger partial charge in [0.25, 0.3) is 5.91 Å². The standard InChI is InChI=1S/C17H19ClF3N3O2/c1-3-26-13-8-5-4-7-12(13)16(25)22-9-6-10-24-11(2)14(18)15(23-24)17(19,20)21/h4-5,7-8H,3,6,9-10H2,1-2H3,(H,22,25). The summed E-state index contributed by atoms with van der Waals surface area (Å²) in [7, 11) is 0. The second kappa shape index (κ2) is 8.44. The number of carbonyl (C=O) groups excluding carboxylic acids is 1. The molecule has 0 aliphatic rings. The van der Waals surface area contributed by atoms with Crippen molar-refractivity contribution in [3.63, 3.8) is 0 Å². The van der Waals surface area contributed by atoms with Gasteiger partial charge in [-0.1, -0.05) is 23.7 Å². The zero-order valence-corrected chi connectivity index (χ0v) is 15.1. The number of aryl methyl sites for hydroxylation is 1. The molecular weight excluding hydrogens is 371 g/mol. The molecule has 5 nitrogen and oxygen atoms in total. The van der Waals surface area contributed by atoms with Gasteiger partial charge < -0.3 is 10.1 Å². The van der Waals surface area contributed by atoms with E-state index in [9.17, 15) is 18.0 Å². The second-order valence-electron chi connectivity index (χ2n) is 5.51. The number of nitrogens with one attached hydrogen (secondary N) is 1. The van der Waals surface area contributed by atoms with E-state index in [-0.39, 0.29) is 24.7 Å². The number of para-hydroxylation sites is 1. The minimum absolute atomic E-state index is 0.203. The topological polar surface area (TPSA) is 56.1 Å². The van der Waals surface area contributed by atoms with Crippen LogP contribution < -0.4 is 10.1 Å². The third kappa shape index (κ3) is 4.69. The van der Waals surface area contributed by atoms with E-state index >= 15 is 0 Å². The summed E-state index contributed by atoms with van der Waals surface area (Å²) in [5, 5.41) is 5.85. The van der Waals surface area contributed by atoms with Crippen LogP contribution in [0.2, 0.25) is 5.02 Å². The predicted octanol–water partition coefficient (Wildman–Crippen LogP) is 4.08. The normalized spacial score (nSPS) is 11.5. The highest BCUT2D eigenvalue weighted by molar-refractivity contribution is 6.31. The first-order chi connectivity index (χ1) is 12.3. The maximum atomic E-state index is 12.8. The number of halogens is 4. The molecule has 0 fully saturated rings. The number of ether oxygens (including phenoxy) is 1. The minimum atomic E-state index is -4.59. The Morgan fingerprint density at radius 3 is 2.65 bits per heavy atom. The summed E-state index contributed by atoms with van der Waals surface area (Å²) in [6.07, 6.45) is -4.19. The molecule has 0 radical (unpaired) electrons. The molecule has 0 saturated carbocycles. The predicted molar refractivity (Wildman–Crippen MR) is 91.5 cm³/mol. The van der Waals surface area contributed by atoms with Crippen molar-refractivity contribution in [2.45, 2.75) is 33.0 Å². The summed E-state index contributed by atoms with van der Waals surface area (Å²) in [6.45, 7) is 4.21. The highest BCUT2D eigenvalue weighted by Gasteiger charge is 2.38. The Morgan fingerprint density at radius 1 is 1.35 bits per heavy atom. The van der Waals surface area contributed by atoms with Crippen molar-refractivity contribution in [2.24, 2.45) is 0 Å². The Bertz CT molecular complexity index is 775. The molecule has 2 aromatic rings. The number of alkyl halides is 3. The number of hydrogen-bond acceptors (Lipinski definition) is 3. The van der Waals surface area contributed by atoms with Crippen molar-refractivity contribution in [2.75, 3.05) is 13.2 Å². The van der Waals surface area contributed by atoms with Crippen LogP contribution in [0.1, 0.15) is 35.1 Å². The maximum Gasteiger partial charge on any atom is 0.436 e. The maximum absolute atomic E-state index is 12.8. The summed E-state index contributed by atoms with van der Waals surface area (Å²) in [5.74, 6) is 0.178. The van der Waals surface area contributed by atoms with Gasteiger partial charge in [-0.25, -0.2) is 0 Å². The molecule has 1 N–H and O–H groups in total. The van der Waals surface area contributed by atoms with Gasteiger partial charge in [-0.15, -0.1) is 0 Å². The first kappa shape index (κ1) is 20.1. The van der Waals surface area contributed by atoms with Crippen molar-refractivity contribution in [3.05, 3.63) is 46.2 Å². The number of hydrogen-bond donors (Lipinski definition) is 1. The lowest BCUT2D eigenvalue weighted by molar-refractivity contribution is -0.141. The molecule has 26 heavy (non-hydrogen) atoms. The first-order valence-electron chi connectivity index (χ1n) is 8.05. The van der Waals surface area contributed by atoms with Gasteiger partial charge in [0.15, 0.2) is 5.69 Å². The lowest BCUT2D eigenvalue weighted by atomic mass is 10.2. The molecule has 9 heteroatoms. The Hall–Kier alpha value is -2.22. The van der Waals surface area contributed by atoms with Crippen molar-refractivity contribution < 1.29 is 22.7 Å². The molecule has 142 valence electrons. The van der Waals surface area contributed by atoms with Gasteiger partial charge in [0.05, 0.1) is 22.9 Å². The van der Waals surface area contributed by atoms with Crippen LogP contribution in [0.25, 0.3) is 0 Å². The van der Waals surface area contributed by atoms with Gasteiger partial charge in [-0.2, -0.15) is 18.3 Å². The largest absolute Gasteiger partial charge is 0.493 e. The van der Waals surface area contributed by atoms with E-state index in [0.29, 0.717) is 24.3 Å². The fourth-order valence-electron chi connectivity index (χ4n) is 2.38. The first-order valence-corrected chi connectivity index (χ1v) is 8.43.